The first kappa shape index (κ1) is 9.54. The fourth-order valence-electron chi connectivity index (χ4n) is 2.45. The van der Waals surface area contributed by atoms with Gasteiger partial charge in [0.15, 0.2) is 0 Å². The molecule has 0 aliphatic carbocycles. The molecule has 1 atom stereocenters. The second-order valence-electron chi connectivity index (χ2n) is 4.31. The van der Waals surface area contributed by atoms with Gasteiger partial charge in [0.25, 0.3) is 0 Å². The molecule has 1 N–H and O–H groups in total. The number of piperazine rings is 1. The van der Waals surface area contributed by atoms with Crippen molar-refractivity contribution < 1.29 is 9.59 Å². The number of nitrogens with zero attached hydrogens (tertiary/aromatic N) is 1. The van der Waals surface area contributed by atoms with E-state index in [-0.39, 0.29) is 17.9 Å². The largest absolute Gasteiger partial charge is 0.294 e. The molecule has 0 radical (unpaired) electrons. The van der Waals surface area contributed by atoms with E-state index in [0.717, 1.165) is 0 Å². The Hall–Kier alpha value is -1.68. The minimum Gasteiger partial charge on any atom is -0.294 e. The standard InChI is InChI=1S/C12H12N2O2/c15-11-7-14-6-9-4-2-1-3-8(9)5-10(14)12(16)13-11/h1-4,10H,5-7H2,(H,13,15,16)/t10-/m0/s1. The average Bonchev–Trinajstić information content (AvgIpc) is 2.27. The molecule has 82 valence electrons. The molecule has 0 saturated carbocycles. The van der Waals surface area contributed by atoms with Crippen LogP contribution in [0.25, 0.3) is 0 Å². The highest BCUT2D eigenvalue weighted by molar-refractivity contribution is 6.01. The number of carbonyl (C=O) groups is 2. The van der Waals surface area contributed by atoms with Crippen LogP contribution in [0.2, 0.25) is 0 Å². The summed E-state index contributed by atoms with van der Waals surface area (Å²) in [6.45, 7) is 1.02. The second kappa shape index (κ2) is 3.42. The Bertz CT molecular complexity index is 470. The molecule has 1 fully saturated rings. The third kappa shape index (κ3) is 1.42. The number of benzene rings is 1. The second-order valence-corrected chi connectivity index (χ2v) is 4.31. The Labute approximate surface area is 93.2 Å². The number of amides is 2. The summed E-state index contributed by atoms with van der Waals surface area (Å²) < 4.78 is 0. The fraction of sp³-hybridized carbons (Fsp3) is 0.333. The molecule has 0 spiro atoms. The zero-order chi connectivity index (χ0) is 11.1. The molecule has 2 aliphatic heterocycles. The highest BCUT2D eigenvalue weighted by Gasteiger charge is 2.36. The Morgan fingerprint density at radius 2 is 1.88 bits per heavy atom. The lowest BCUT2D eigenvalue weighted by atomic mass is 9.92. The van der Waals surface area contributed by atoms with E-state index in [2.05, 4.69) is 17.4 Å². The van der Waals surface area contributed by atoms with Crippen LogP contribution in [-0.2, 0) is 22.6 Å². The molecule has 0 unspecified atom stereocenters. The number of hydrogen-bond donors (Lipinski definition) is 1. The summed E-state index contributed by atoms with van der Waals surface area (Å²) in [6, 6.07) is 7.91. The molecule has 1 aromatic carbocycles. The zero-order valence-corrected chi connectivity index (χ0v) is 8.77. The van der Waals surface area contributed by atoms with Crippen molar-refractivity contribution in [3.05, 3.63) is 35.4 Å². The van der Waals surface area contributed by atoms with Crippen LogP contribution in [0.1, 0.15) is 11.1 Å². The maximum absolute atomic E-state index is 11.7. The molecule has 0 bridgehead atoms. The summed E-state index contributed by atoms with van der Waals surface area (Å²) in [6.07, 6.45) is 0.704. The Kier molecular flexibility index (Phi) is 2.04. The van der Waals surface area contributed by atoms with E-state index in [1.54, 1.807) is 0 Å². The summed E-state index contributed by atoms with van der Waals surface area (Å²) in [4.78, 5) is 24.9. The average molecular weight is 216 g/mol. The van der Waals surface area contributed by atoms with Gasteiger partial charge in [-0.1, -0.05) is 24.3 Å². The van der Waals surface area contributed by atoms with Crippen LogP contribution in [0, 0.1) is 0 Å². The predicted molar refractivity (Wildman–Crippen MR) is 57.5 cm³/mol. The van der Waals surface area contributed by atoms with Crippen molar-refractivity contribution in [2.24, 2.45) is 0 Å². The lowest BCUT2D eigenvalue weighted by Crippen LogP contribution is -2.59. The minimum atomic E-state index is -0.194. The van der Waals surface area contributed by atoms with E-state index >= 15 is 0 Å². The van der Waals surface area contributed by atoms with E-state index in [1.807, 2.05) is 17.0 Å². The smallest absolute Gasteiger partial charge is 0.244 e. The number of hydrogen-bond acceptors (Lipinski definition) is 3. The topological polar surface area (TPSA) is 49.4 Å². The molecule has 2 amide bonds. The van der Waals surface area contributed by atoms with E-state index in [9.17, 15) is 9.59 Å². The summed E-state index contributed by atoms with van der Waals surface area (Å²) in [5.41, 5.74) is 2.44. The first-order valence-corrected chi connectivity index (χ1v) is 5.38. The van der Waals surface area contributed by atoms with E-state index in [4.69, 9.17) is 0 Å². The molecule has 4 heteroatoms. The number of rotatable bonds is 0. The first-order valence-electron chi connectivity index (χ1n) is 5.38. The molecule has 1 aromatic rings. The van der Waals surface area contributed by atoms with Crippen molar-refractivity contribution in [1.29, 1.82) is 0 Å². The number of fused-ring (bicyclic) bond motifs is 2. The predicted octanol–water partition coefficient (Wildman–Crippen LogP) is 0.0697. The minimum absolute atomic E-state index is 0.161. The van der Waals surface area contributed by atoms with Crippen molar-refractivity contribution in [3.8, 4) is 0 Å². The number of nitrogens with one attached hydrogen (secondary N) is 1. The molecule has 1 saturated heterocycles. The van der Waals surface area contributed by atoms with Crippen LogP contribution in [0.4, 0.5) is 0 Å². The number of carbonyl (C=O) groups excluding carboxylic acids is 2. The Morgan fingerprint density at radius 3 is 2.69 bits per heavy atom. The maximum Gasteiger partial charge on any atom is 0.244 e. The molecule has 0 aromatic heterocycles. The summed E-state index contributed by atoms with van der Waals surface area (Å²) in [5.74, 6) is -0.355. The Balaban J connectivity index is 1.96. The Morgan fingerprint density at radius 1 is 1.12 bits per heavy atom. The van der Waals surface area contributed by atoms with Crippen molar-refractivity contribution in [3.63, 3.8) is 0 Å². The highest BCUT2D eigenvalue weighted by atomic mass is 16.2. The van der Waals surface area contributed by atoms with Gasteiger partial charge >= 0.3 is 0 Å². The van der Waals surface area contributed by atoms with Crippen molar-refractivity contribution in [1.82, 2.24) is 10.2 Å². The van der Waals surface area contributed by atoms with Crippen LogP contribution in [-0.4, -0.2) is 29.3 Å². The molecular weight excluding hydrogens is 204 g/mol. The van der Waals surface area contributed by atoms with Gasteiger partial charge in [0.2, 0.25) is 11.8 Å². The van der Waals surface area contributed by atoms with Crippen molar-refractivity contribution in [2.75, 3.05) is 6.54 Å². The van der Waals surface area contributed by atoms with Gasteiger partial charge in [-0.15, -0.1) is 0 Å². The van der Waals surface area contributed by atoms with Gasteiger partial charge in [0.1, 0.15) is 0 Å². The summed E-state index contributed by atoms with van der Waals surface area (Å²) in [7, 11) is 0. The monoisotopic (exact) mass is 216 g/mol. The van der Waals surface area contributed by atoms with E-state index < -0.39 is 0 Å². The SMILES string of the molecule is O=C1CN2Cc3ccccc3C[C@H]2C(=O)N1. The number of imide groups is 1. The fourth-order valence-corrected chi connectivity index (χ4v) is 2.45. The zero-order valence-electron chi connectivity index (χ0n) is 8.77. The quantitative estimate of drug-likeness (QED) is 0.624. The molecular formula is C12H12N2O2. The third-order valence-corrected chi connectivity index (χ3v) is 3.26. The van der Waals surface area contributed by atoms with Gasteiger partial charge in [-0.3, -0.25) is 19.8 Å². The van der Waals surface area contributed by atoms with Gasteiger partial charge in [0, 0.05) is 6.54 Å². The van der Waals surface area contributed by atoms with Crippen LogP contribution in [0.3, 0.4) is 0 Å². The van der Waals surface area contributed by atoms with Crippen LogP contribution in [0.15, 0.2) is 24.3 Å². The van der Waals surface area contributed by atoms with Crippen molar-refractivity contribution >= 4 is 11.8 Å². The van der Waals surface area contributed by atoms with Gasteiger partial charge in [-0.25, -0.2) is 0 Å². The first-order chi connectivity index (χ1) is 7.74. The molecule has 16 heavy (non-hydrogen) atoms. The maximum atomic E-state index is 11.7. The van der Waals surface area contributed by atoms with Gasteiger partial charge in [-0.2, -0.15) is 0 Å². The van der Waals surface area contributed by atoms with Crippen LogP contribution >= 0.6 is 0 Å². The van der Waals surface area contributed by atoms with Crippen LogP contribution in [0.5, 0.6) is 0 Å². The summed E-state index contributed by atoms with van der Waals surface area (Å²) in [5, 5.41) is 2.39. The lowest BCUT2D eigenvalue weighted by Gasteiger charge is -2.38. The highest BCUT2D eigenvalue weighted by Crippen LogP contribution is 2.24. The van der Waals surface area contributed by atoms with E-state index in [1.165, 1.54) is 11.1 Å². The molecule has 4 nitrogen and oxygen atoms in total. The van der Waals surface area contributed by atoms with Gasteiger partial charge < -0.3 is 0 Å². The van der Waals surface area contributed by atoms with Crippen LogP contribution < -0.4 is 5.32 Å². The summed E-state index contributed by atoms with van der Waals surface area (Å²) >= 11 is 0. The van der Waals surface area contributed by atoms with Gasteiger partial charge in [-0.05, 0) is 17.5 Å². The molecule has 3 rings (SSSR count). The normalized spacial score (nSPS) is 24.6. The third-order valence-electron chi connectivity index (χ3n) is 3.26. The molecule has 2 heterocycles. The van der Waals surface area contributed by atoms with E-state index in [0.29, 0.717) is 19.5 Å². The lowest BCUT2D eigenvalue weighted by molar-refractivity contribution is -0.140. The van der Waals surface area contributed by atoms with Gasteiger partial charge in [0.05, 0.1) is 12.6 Å². The molecule has 2 aliphatic rings. The van der Waals surface area contributed by atoms with Crippen molar-refractivity contribution in [2.45, 2.75) is 19.0 Å².